The van der Waals surface area contributed by atoms with E-state index >= 15 is 0 Å². The van der Waals surface area contributed by atoms with Crippen molar-refractivity contribution in [3.63, 3.8) is 0 Å². The number of aromatic hydroxyl groups is 2. The van der Waals surface area contributed by atoms with E-state index in [0.717, 1.165) is 28.3 Å². The average molecular weight is 582 g/mol. The van der Waals surface area contributed by atoms with Gasteiger partial charge in [-0.3, -0.25) is 9.59 Å². The third-order valence-corrected chi connectivity index (χ3v) is 7.53. The molecule has 0 unspecified atom stereocenters. The molecule has 0 spiro atoms. The minimum Gasteiger partial charge on any atom is -0.507 e. The van der Waals surface area contributed by atoms with E-state index in [2.05, 4.69) is 46.0 Å². The van der Waals surface area contributed by atoms with Crippen molar-refractivity contribution < 1.29 is 19.8 Å². The molecule has 5 rings (SSSR count). The van der Waals surface area contributed by atoms with Crippen LogP contribution in [0.1, 0.15) is 54.1 Å². The van der Waals surface area contributed by atoms with Gasteiger partial charge in [0.15, 0.2) is 0 Å². The highest BCUT2D eigenvalue weighted by atomic mass is 79.9. The Morgan fingerprint density at radius 3 is 1.44 bits per heavy atom. The molecule has 0 amide bonds. The number of ketones is 2. The van der Waals surface area contributed by atoms with E-state index in [-0.39, 0.29) is 33.8 Å². The molecule has 1 radical (unpaired) electrons. The van der Waals surface area contributed by atoms with Crippen LogP contribution < -0.4 is 10.6 Å². The maximum absolute atomic E-state index is 13.8. The second-order valence-corrected chi connectivity index (χ2v) is 10.1. The van der Waals surface area contributed by atoms with E-state index in [0.29, 0.717) is 24.5 Å². The zero-order valence-electron chi connectivity index (χ0n) is 21.4. The van der Waals surface area contributed by atoms with Crippen LogP contribution in [0, 0.1) is 0 Å². The lowest BCUT2D eigenvalue weighted by molar-refractivity contribution is 0.0975. The van der Waals surface area contributed by atoms with E-state index in [4.69, 9.17) is 0 Å². The summed E-state index contributed by atoms with van der Waals surface area (Å²) < 4.78 is 0. The van der Waals surface area contributed by atoms with Crippen molar-refractivity contribution in [3.05, 3.63) is 117 Å². The van der Waals surface area contributed by atoms with Crippen LogP contribution in [0.5, 0.6) is 11.5 Å². The summed E-state index contributed by atoms with van der Waals surface area (Å²) in [4.78, 5) is 27.5. The first kappa shape index (κ1) is 26.6. The molecule has 4 aromatic rings. The van der Waals surface area contributed by atoms with Crippen LogP contribution >= 0.6 is 15.9 Å². The van der Waals surface area contributed by atoms with Crippen LogP contribution in [0.2, 0.25) is 6.82 Å². The normalized spacial score (nSPS) is 12.1. The SMILES string of the molecule is C[B]Cc1ccc(CNc2ccc(O)c3c2C(=O)c2c(O)ccc(NCc4ccc(CBr)cc4)c2C3=O)cc1. The van der Waals surface area contributed by atoms with Gasteiger partial charge in [-0.25, -0.2) is 0 Å². The molecule has 0 atom stereocenters. The highest BCUT2D eigenvalue weighted by Crippen LogP contribution is 2.42. The number of alkyl halides is 1. The summed E-state index contributed by atoms with van der Waals surface area (Å²) in [6.45, 7) is 2.85. The standard InChI is InChI=1S/C31H27BBrN2O4/c1-32-14-18-2-6-20(7-3-18)16-34-22-10-12-24(36)28-26(22)30(38)29-25(37)13-11-23(27(29)31(28)39)35-17-21-8-4-19(15-33)5-9-21/h2-13,34-37H,14-17H2,1H3. The number of rotatable bonds is 9. The minimum atomic E-state index is -0.519. The predicted molar refractivity (Wildman–Crippen MR) is 159 cm³/mol. The Bertz CT molecular complexity index is 1550. The van der Waals surface area contributed by atoms with Gasteiger partial charge in [0.1, 0.15) is 18.8 Å². The lowest BCUT2D eigenvalue weighted by Crippen LogP contribution is -2.24. The molecule has 0 saturated carbocycles. The van der Waals surface area contributed by atoms with Gasteiger partial charge in [-0.05, 0) is 41.0 Å². The van der Waals surface area contributed by atoms with Gasteiger partial charge in [0.05, 0.1) is 22.3 Å². The Balaban J connectivity index is 1.45. The van der Waals surface area contributed by atoms with Crippen LogP contribution in [-0.2, 0) is 24.7 Å². The van der Waals surface area contributed by atoms with Crippen LogP contribution in [0.25, 0.3) is 0 Å². The molecule has 0 fully saturated rings. The molecule has 0 heterocycles. The lowest BCUT2D eigenvalue weighted by atomic mass is 9.75. The molecule has 4 aromatic carbocycles. The van der Waals surface area contributed by atoms with E-state index in [1.54, 1.807) is 12.1 Å². The van der Waals surface area contributed by atoms with Crippen molar-refractivity contribution in [2.24, 2.45) is 0 Å². The molecule has 0 bridgehead atoms. The van der Waals surface area contributed by atoms with E-state index < -0.39 is 11.6 Å². The molecule has 0 aromatic heterocycles. The molecule has 0 aliphatic heterocycles. The molecular weight excluding hydrogens is 555 g/mol. The third-order valence-electron chi connectivity index (χ3n) is 6.88. The molecule has 8 heteroatoms. The molecular formula is C31H27BBrN2O4. The summed E-state index contributed by atoms with van der Waals surface area (Å²) in [6.07, 6.45) is 0.888. The number of hydrogen-bond acceptors (Lipinski definition) is 6. The fraction of sp³-hybridized carbons (Fsp3) is 0.161. The second kappa shape index (κ2) is 11.4. The van der Waals surface area contributed by atoms with Gasteiger partial charge >= 0.3 is 0 Å². The highest BCUT2D eigenvalue weighted by Gasteiger charge is 2.38. The topological polar surface area (TPSA) is 98.7 Å². The number of carbonyl (C=O) groups is 2. The van der Waals surface area contributed by atoms with Crippen LogP contribution in [0.4, 0.5) is 11.4 Å². The van der Waals surface area contributed by atoms with E-state index in [1.807, 2.05) is 43.2 Å². The maximum Gasteiger partial charge on any atom is 0.200 e. The number of anilines is 2. The fourth-order valence-corrected chi connectivity index (χ4v) is 5.20. The quantitative estimate of drug-likeness (QED) is 0.0933. The fourth-order valence-electron chi connectivity index (χ4n) is 4.83. The molecule has 39 heavy (non-hydrogen) atoms. The van der Waals surface area contributed by atoms with Crippen molar-refractivity contribution in [2.75, 3.05) is 10.6 Å². The summed E-state index contributed by atoms with van der Waals surface area (Å²) in [5.74, 6) is -1.60. The summed E-state index contributed by atoms with van der Waals surface area (Å²) in [6, 6.07) is 22.1. The Morgan fingerprint density at radius 2 is 1.03 bits per heavy atom. The van der Waals surface area contributed by atoms with Gasteiger partial charge in [0.2, 0.25) is 11.6 Å². The smallest absolute Gasteiger partial charge is 0.200 e. The van der Waals surface area contributed by atoms with Gasteiger partial charge in [-0.2, -0.15) is 0 Å². The van der Waals surface area contributed by atoms with Crippen LogP contribution in [0.15, 0.2) is 72.8 Å². The Kier molecular flexibility index (Phi) is 7.75. The Labute approximate surface area is 236 Å². The Morgan fingerprint density at radius 1 is 0.615 bits per heavy atom. The van der Waals surface area contributed by atoms with Gasteiger partial charge in [-0.15, -0.1) is 0 Å². The number of halogens is 1. The first-order valence-corrected chi connectivity index (χ1v) is 13.8. The number of benzene rings is 4. The molecule has 1 aliphatic carbocycles. The minimum absolute atomic E-state index is 0.0559. The first-order valence-electron chi connectivity index (χ1n) is 12.7. The van der Waals surface area contributed by atoms with Crippen molar-refractivity contribution in [2.45, 2.75) is 31.6 Å². The average Bonchev–Trinajstić information content (AvgIpc) is 2.95. The third kappa shape index (κ3) is 5.29. The highest BCUT2D eigenvalue weighted by molar-refractivity contribution is 9.08. The predicted octanol–water partition coefficient (Wildman–Crippen LogP) is 6.24. The first-order chi connectivity index (χ1) is 18.9. The maximum atomic E-state index is 13.8. The van der Waals surface area contributed by atoms with E-state index in [1.165, 1.54) is 17.7 Å². The molecule has 195 valence electrons. The number of hydrogen-bond donors (Lipinski definition) is 4. The molecule has 4 N–H and O–H groups in total. The summed E-state index contributed by atoms with van der Waals surface area (Å²) >= 11 is 3.44. The number of phenols is 2. The lowest BCUT2D eigenvalue weighted by Gasteiger charge is -2.24. The van der Waals surface area contributed by atoms with Crippen molar-refractivity contribution >= 4 is 46.2 Å². The van der Waals surface area contributed by atoms with Gasteiger partial charge < -0.3 is 20.8 Å². The molecule has 1 aliphatic rings. The number of nitrogens with one attached hydrogen (secondary N) is 2. The number of carbonyl (C=O) groups excluding carboxylic acids is 2. The zero-order chi connectivity index (χ0) is 27.5. The summed E-state index contributed by atoms with van der Waals surface area (Å²) in [5, 5.41) is 28.6. The second-order valence-electron chi connectivity index (χ2n) is 9.51. The Hall–Kier alpha value is -4.04. The van der Waals surface area contributed by atoms with Crippen LogP contribution in [0.3, 0.4) is 0 Å². The van der Waals surface area contributed by atoms with Gasteiger partial charge in [0, 0.05) is 29.8 Å². The van der Waals surface area contributed by atoms with Crippen molar-refractivity contribution in [1.82, 2.24) is 0 Å². The summed E-state index contributed by atoms with van der Waals surface area (Å²) in [5.41, 5.74) is 5.16. The zero-order valence-corrected chi connectivity index (χ0v) is 23.0. The van der Waals surface area contributed by atoms with Crippen LogP contribution in [-0.4, -0.2) is 29.1 Å². The monoisotopic (exact) mass is 581 g/mol. The van der Waals surface area contributed by atoms with Gasteiger partial charge in [-0.1, -0.05) is 83.2 Å². The largest absolute Gasteiger partial charge is 0.507 e. The van der Waals surface area contributed by atoms with Crippen molar-refractivity contribution in [3.8, 4) is 11.5 Å². The van der Waals surface area contributed by atoms with E-state index in [9.17, 15) is 19.8 Å². The van der Waals surface area contributed by atoms with Gasteiger partial charge in [0.25, 0.3) is 0 Å². The van der Waals surface area contributed by atoms with Crippen molar-refractivity contribution in [1.29, 1.82) is 0 Å². The molecule has 0 saturated heterocycles. The molecule has 6 nitrogen and oxygen atoms in total. The number of fused-ring (bicyclic) bond motifs is 2. The summed E-state index contributed by atoms with van der Waals surface area (Å²) in [7, 11) is 2.09. The number of phenolic OH excluding ortho intramolecular Hbond substituents is 2.